The Morgan fingerprint density at radius 2 is 1.76 bits per heavy atom. The summed E-state index contributed by atoms with van der Waals surface area (Å²) in [5, 5.41) is 4.80. The van der Waals surface area contributed by atoms with Crippen molar-refractivity contribution in [2.24, 2.45) is 11.8 Å². The molecular weight excluding hydrogens is 426 g/mol. The van der Waals surface area contributed by atoms with Crippen LogP contribution in [0.5, 0.6) is 0 Å². The maximum absolute atomic E-state index is 13.4. The van der Waals surface area contributed by atoms with Gasteiger partial charge in [-0.3, -0.25) is 14.4 Å². The number of hydrogen-bond donors (Lipinski definition) is 1. The van der Waals surface area contributed by atoms with Gasteiger partial charge < -0.3 is 24.6 Å². The average Bonchev–Trinajstić information content (AvgIpc) is 3.24. The van der Waals surface area contributed by atoms with Gasteiger partial charge in [-0.05, 0) is 36.2 Å². The molecule has 0 bridgehead atoms. The van der Waals surface area contributed by atoms with Crippen molar-refractivity contribution in [3.63, 3.8) is 0 Å². The molecule has 3 amide bonds. The van der Waals surface area contributed by atoms with Crippen molar-refractivity contribution in [2.75, 3.05) is 44.7 Å². The smallest absolute Gasteiger partial charge is 0.409 e. The van der Waals surface area contributed by atoms with Crippen LogP contribution in [-0.2, 0) is 23.9 Å². The third-order valence-electron chi connectivity index (χ3n) is 6.06. The maximum atomic E-state index is 13.4. The fourth-order valence-corrected chi connectivity index (χ4v) is 4.29. The maximum Gasteiger partial charge on any atom is 0.409 e. The predicted molar refractivity (Wildman–Crippen MR) is 120 cm³/mol. The molecule has 2 unspecified atom stereocenters. The average molecular weight is 453 g/mol. The number of benzene rings is 2. The molecule has 174 valence electrons. The summed E-state index contributed by atoms with van der Waals surface area (Å²) < 4.78 is 10.1. The van der Waals surface area contributed by atoms with Crippen molar-refractivity contribution in [1.29, 1.82) is 0 Å². The summed E-state index contributed by atoms with van der Waals surface area (Å²) in [6.45, 7) is 3.33. The molecule has 2 heterocycles. The molecule has 2 aliphatic heterocycles. The Hall–Kier alpha value is -3.62. The van der Waals surface area contributed by atoms with Crippen LogP contribution in [0.2, 0.25) is 0 Å². The first kappa shape index (κ1) is 22.6. The highest BCUT2D eigenvalue weighted by Crippen LogP contribution is 2.28. The van der Waals surface area contributed by atoms with Crippen LogP contribution in [0, 0.1) is 11.8 Å². The number of nitrogens with one attached hydrogen (secondary N) is 1. The van der Waals surface area contributed by atoms with E-state index in [0.29, 0.717) is 25.2 Å². The molecule has 2 aromatic rings. The predicted octanol–water partition coefficient (Wildman–Crippen LogP) is 2.26. The summed E-state index contributed by atoms with van der Waals surface area (Å²) in [5.41, 5.74) is 0.551. The minimum Gasteiger partial charge on any atom is -0.465 e. The lowest BCUT2D eigenvalue weighted by molar-refractivity contribution is -0.152. The number of hydrogen-bond acceptors (Lipinski definition) is 6. The first-order valence-electron chi connectivity index (χ1n) is 11.1. The molecule has 2 saturated heterocycles. The first-order valence-corrected chi connectivity index (χ1v) is 11.1. The molecule has 9 heteroatoms. The zero-order valence-corrected chi connectivity index (χ0v) is 18.5. The van der Waals surface area contributed by atoms with Gasteiger partial charge in [0, 0.05) is 31.9 Å². The third-order valence-corrected chi connectivity index (χ3v) is 6.06. The molecule has 0 radical (unpaired) electrons. The topological polar surface area (TPSA) is 105 Å². The van der Waals surface area contributed by atoms with E-state index in [4.69, 9.17) is 9.47 Å². The van der Waals surface area contributed by atoms with Crippen LogP contribution in [0.25, 0.3) is 10.8 Å². The van der Waals surface area contributed by atoms with Crippen molar-refractivity contribution in [1.82, 2.24) is 9.80 Å². The molecule has 9 nitrogen and oxygen atoms in total. The zero-order chi connectivity index (χ0) is 23.4. The van der Waals surface area contributed by atoms with Crippen molar-refractivity contribution in [3.8, 4) is 0 Å². The van der Waals surface area contributed by atoms with Crippen LogP contribution in [0.1, 0.15) is 13.3 Å². The molecule has 1 N–H and O–H groups in total. The van der Waals surface area contributed by atoms with Crippen molar-refractivity contribution < 1.29 is 28.7 Å². The molecule has 4 rings (SSSR count). The number of esters is 1. The highest BCUT2D eigenvalue weighted by Gasteiger charge is 2.45. The summed E-state index contributed by atoms with van der Waals surface area (Å²) in [4.78, 5) is 54.0. The van der Waals surface area contributed by atoms with Crippen LogP contribution < -0.4 is 5.32 Å². The summed E-state index contributed by atoms with van der Waals surface area (Å²) >= 11 is 0. The standard InChI is InChI=1S/C24H27N3O6/c1-2-32-24(31)27-12-10-26(11-13-27)22(29)20(19-9-14-33-23(19)30)21(28)25-18-8-7-16-5-3-4-6-17(16)15-18/h3-8,15,19-20H,2,9-14H2,1H3,(H,25,28). The fourth-order valence-electron chi connectivity index (χ4n) is 4.29. The number of fused-ring (bicyclic) bond motifs is 1. The Balaban J connectivity index is 1.50. The number of amides is 3. The van der Waals surface area contributed by atoms with Gasteiger partial charge in [-0.15, -0.1) is 0 Å². The van der Waals surface area contributed by atoms with E-state index in [-0.39, 0.29) is 26.3 Å². The SMILES string of the molecule is CCOC(=O)N1CCN(C(=O)C(C(=O)Nc2ccc3ccccc3c2)C2CCOC2=O)CC1. The van der Waals surface area contributed by atoms with Crippen LogP contribution in [0.4, 0.5) is 10.5 Å². The highest BCUT2D eigenvalue weighted by atomic mass is 16.6. The van der Waals surface area contributed by atoms with E-state index in [9.17, 15) is 19.2 Å². The van der Waals surface area contributed by atoms with E-state index >= 15 is 0 Å². The molecular formula is C24H27N3O6. The largest absolute Gasteiger partial charge is 0.465 e. The molecule has 2 aliphatic rings. The van der Waals surface area contributed by atoms with Gasteiger partial charge in [0.2, 0.25) is 11.8 Å². The third kappa shape index (κ3) is 4.92. The van der Waals surface area contributed by atoms with E-state index in [1.165, 1.54) is 9.80 Å². The second-order valence-electron chi connectivity index (χ2n) is 8.10. The van der Waals surface area contributed by atoms with E-state index in [2.05, 4.69) is 5.32 Å². The number of ether oxygens (including phenoxy) is 2. The number of carbonyl (C=O) groups is 4. The van der Waals surface area contributed by atoms with Gasteiger partial charge >= 0.3 is 12.1 Å². The Kier molecular flexibility index (Phi) is 6.76. The monoisotopic (exact) mass is 453 g/mol. The van der Waals surface area contributed by atoms with E-state index in [1.54, 1.807) is 13.0 Å². The quantitative estimate of drug-likeness (QED) is 0.550. The molecule has 0 saturated carbocycles. The van der Waals surface area contributed by atoms with Gasteiger partial charge in [-0.1, -0.05) is 30.3 Å². The molecule has 2 fully saturated rings. The van der Waals surface area contributed by atoms with E-state index in [1.807, 2.05) is 36.4 Å². The van der Waals surface area contributed by atoms with Crippen LogP contribution in [0.3, 0.4) is 0 Å². The number of cyclic esters (lactones) is 1. The molecule has 2 atom stereocenters. The van der Waals surface area contributed by atoms with Crippen molar-refractivity contribution >= 4 is 40.3 Å². The first-order chi connectivity index (χ1) is 16.0. The summed E-state index contributed by atoms with van der Waals surface area (Å²) in [7, 11) is 0. The molecule has 0 spiro atoms. The second kappa shape index (κ2) is 9.89. The number of rotatable bonds is 5. The number of nitrogens with zero attached hydrogens (tertiary/aromatic N) is 2. The summed E-state index contributed by atoms with van der Waals surface area (Å²) in [6, 6.07) is 13.2. The number of carbonyl (C=O) groups excluding carboxylic acids is 4. The highest BCUT2D eigenvalue weighted by molar-refractivity contribution is 6.09. The van der Waals surface area contributed by atoms with Gasteiger partial charge in [-0.2, -0.15) is 0 Å². The zero-order valence-electron chi connectivity index (χ0n) is 18.5. The van der Waals surface area contributed by atoms with Crippen LogP contribution >= 0.6 is 0 Å². The Morgan fingerprint density at radius 3 is 2.42 bits per heavy atom. The molecule has 33 heavy (non-hydrogen) atoms. The second-order valence-corrected chi connectivity index (χ2v) is 8.10. The van der Waals surface area contributed by atoms with Gasteiger partial charge in [0.05, 0.1) is 19.1 Å². The van der Waals surface area contributed by atoms with E-state index in [0.717, 1.165) is 10.8 Å². The van der Waals surface area contributed by atoms with Gasteiger partial charge in [0.15, 0.2) is 0 Å². The number of piperazine rings is 1. The van der Waals surface area contributed by atoms with Crippen LogP contribution in [-0.4, -0.2) is 73.1 Å². The lowest BCUT2D eigenvalue weighted by Crippen LogP contribution is -2.54. The Labute approximate surface area is 191 Å². The van der Waals surface area contributed by atoms with Gasteiger partial charge in [0.1, 0.15) is 5.92 Å². The van der Waals surface area contributed by atoms with Crippen molar-refractivity contribution in [3.05, 3.63) is 42.5 Å². The Morgan fingerprint density at radius 1 is 1.06 bits per heavy atom. The van der Waals surface area contributed by atoms with Gasteiger partial charge in [-0.25, -0.2) is 4.79 Å². The molecule has 0 aliphatic carbocycles. The van der Waals surface area contributed by atoms with E-state index < -0.39 is 35.7 Å². The van der Waals surface area contributed by atoms with Crippen molar-refractivity contribution in [2.45, 2.75) is 13.3 Å². The Bertz CT molecular complexity index is 1060. The lowest BCUT2D eigenvalue weighted by Gasteiger charge is -2.36. The molecule has 2 aromatic carbocycles. The summed E-state index contributed by atoms with van der Waals surface area (Å²) in [6.07, 6.45) is -0.113. The van der Waals surface area contributed by atoms with Gasteiger partial charge in [0.25, 0.3) is 0 Å². The summed E-state index contributed by atoms with van der Waals surface area (Å²) in [5.74, 6) is -3.53. The minimum atomic E-state index is -1.19. The lowest BCUT2D eigenvalue weighted by atomic mass is 9.88. The normalized spacial score (nSPS) is 19.2. The molecule has 0 aromatic heterocycles. The minimum absolute atomic E-state index is 0.188. The van der Waals surface area contributed by atoms with Crippen LogP contribution in [0.15, 0.2) is 42.5 Å². The number of anilines is 1. The fraction of sp³-hybridized carbons (Fsp3) is 0.417.